The van der Waals surface area contributed by atoms with Crippen LogP contribution in [0.4, 0.5) is 0 Å². The molecule has 1 saturated carbocycles. The summed E-state index contributed by atoms with van der Waals surface area (Å²) in [4.78, 5) is 4.40. The summed E-state index contributed by atoms with van der Waals surface area (Å²) in [5, 5.41) is 3.37. The van der Waals surface area contributed by atoms with Gasteiger partial charge in [-0.15, -0.1) is 12.4 Å². The molecule has 2 aliphatic rings. The van der Waals surface area contributed by atoms with Crippen molar-refractivity contribution in [3.05, 3.63) is 17.8 Å². The maximum absolute atomic E-state index is 5.44. The Labute approximate surface area is 83.3 Å². The predicted molar refractivity (Wildman–Crippen MR) is 51.1 cm³/mol. The zero-order chi connectivity index (χ0) is 8.18. The number of hydrogen-bond acceptors (Lipinski definition) is 3. The van der Waals surface area contributed by atoms with Crippen LogP contribution in [-0.4, -0.2) is 18.1 Å². The molecule has 2 atom stereocenters. The molecule has 2 heterocycles. The summed E-state index contributed by atoms with van der Waals surface area (Å²) in [5.74, 6) is 1.74. The largest absolute Gasteiger partial charge is 0.448 e. The van der Waals surface area contributed by atoms with Crippen LogP contribution in [0.25, 0.3) is 0 Å². The highest BCUT2D eigenvalue weighted by molar-refractivity contribution is 5.85. The Kier molecular flexibility index (Phi) is 1.89. The molecule has 2 fully saturated rings. The topological polar surface area (TPSA) is 38.1 Å². The lowest BCUT2D eigenvalue weighted by atomic mass is 10.1. The number of rotatable bonds is 1. The second kappa shape index (κ2) is 2.72. The molecule has 0 amide bonds. The van der Waals surface area contributed by atoms with Crippen LogP contribution >= 0.6 is 12.4 Å². The summed E-state index contributed by atoms with van der Waals surface area (Å²) in [7, 11) is 0. The van der Waals surface area contributed by atoms with E-state index >= 15 is 0 Å². The fourth-order valence-electron chi connectivity index (χ4n) is 2.25. The molecule has 13 heavy (non-hydrogen) atoms. The van der Waals surface area contributed by atoms with Crippen molar-refractivity contribution in [3.63, 3.8) is 0 Å². The van der Waals surface area contributed by atoms with Gasteiger partial charge in [0.25, 0.3) is 0 Å². The number of aryl methyl sites for hydroxylation is 1. The van der Waals surface area contributed by atoms with Gasteiger partial charge in [0.15, 0.2) is 0 Å². The molecule has 3 rings (SSSR count). The van der Waals surface area contributed by atoms with E-state index in [1.807, 2.05) is 6.92 Å². The van der Waals surface area contributed by atoms with Gasteiger partial charge in [0.1, 0.15) is 6.26 Å². The molecular formula is C9H13ClN2O. The van der Waals surface area contributed by atoms with Gasteiger partial charge in [-0.2, -0.15) is 0 Å². The lowest BCUT2D eigenvalue weighted by Gasteiger charge is -2.04. The maximum Gasteiger partial charge on any atom is 0.202 e. The van der Waals surface area contributed by atoms with Crippen molar-refractivity contribution >= 4 is 12.4 Å². The number of oxazole rings is 1. The Balaban J connectivity index is 0.000000653. The van der Waals surface area contributed by atoms with Crippen molar-refractivity contribution in [1.29, 1.82) is 0 Å². The third-order valence-electron chi connectivity index (χ3n) is 3.11. The number of hydrogen-bond donors (Lipinski definition) is 1. The van der Waals surface area contributed by atoms with Crippen molar-refractivity contribution in [3.8, 4) is 0 Å². The van der Waals surface area contributed by atoms with Gasteiger partial charge < -0.3 is 9.73 Å². The zero-order valence-electron chi connectivity index (χ0n) is 7.54. The van der Waals surface area contributed by atoms with Crippen LogP contribution in [0.15, 0.2) is 10.7 Å². The molecule has 1 aliphatic heterocycles. The van der Waals surface area contributed by atoms with Gasteiger partial charge in [-0.05, 0) is 25.8 Å². The van der Waals surface area contributed by atoms with Crippen molar-refractivity contribution < 1.29 is 4.42 Å². The van der Waals surface area contributed by atoms with Crippen LogP contribution in [0.3, 0.4) is 0 Å². The molecule has 1 N–H and O–H groups in total. The van der Waals surface area contributed by atoms with E-state index in [-0.39, 0.29) is 17.8 Å². The first-order valence-electron chi connectivity index (χ1n) is 4.45. The zero-order valence-corrected chi connectivity index (χ0v) is 8.36. The number of nitrogens with one attached hydrogen (secondary N) is 1. The summed E-state index contributed by atoms with van der Waals surface area (Å²) in [6.07, 6.45) is 3.01. The second-order valence-corrected chi connectivity index (χ2v) is 3.98. The fraction of sp³-hybridized carbons (Fsp3) is 0.667. The lowest BCUT2D eigenvalue weighted by Crippen LogP contribution is -2.19. The predicted octanol–water partition coefficient (Wildman–Crippen LogP) is 1.27. The molecule has 1 aromatic rings. The van der Waals surface area contributed by atoms with E-state index in [9.17, 15) is 0 Å². The molecule has 0 spiro atoms. The van der Waals surface area contributed by atoms with Gasteiger partial charge in [0, 0.05) is 6.54 Å². The van der Waals surface area contributed by atoms with Crippen LogP contribution in [0, 0.1) is 12.8 Å². The van der Waals surface area contributed by atoms with E-state index in [2.05, 4.69) is 10.3 Å². The number of nitrogens with zero attached hydrogens (tertiary/aromatic N) is 1. The van der Waals surface area contributed by atoms with Crippen LogP contribution < -0.4 is 5.32 Å². The van der Waals surface area contributed by atoms with Gasteiger partial charge in [-0.25, -0.2) is 4.98 Å². The third kappa shape index (κ3) is 1.11. The first-order valence-corrected chi connectivity index (χ1v) is 4.45. The monoisotopic (exact) mass is 200 g/mol. The van der Waals surface area contributed by atoms with Gasteiger partial charge in [0.2, 0.25) is 5.89 Å². The molecule has 1 saturated heterocycles. The lowest BCUT2D eigenvalue weighted by molar-refractivity contribution is 0.435. The first kappa shape index (κ1) is 9.03. The van der Waals surface area contributed by atoms with Gasteiger partial charge in [0.05, 0.1) is 11.1 Å². The molecule has 72 valence electrons. The summed E-state index contributed by atoms with van der Waals surface area (Å²) in [6.45, 7) is 4.17. The van der Waals surface area contributed by atoms with E-state index in [1.54, 1.807) is 6.26 Å². The van der Waals surface area contributed by atoms with Gasteiger partial charge in [-0.1, -0.05) is 0 Å². The normalized spacial score (nSPS) is 35.3. The molecule has 3 nitrogen and oxygen atoms in total. The number of fused-ring (bicyclic) bond motifs is 1. The highest BCUT2D eigenvalue weighted by atomic mass is 35.5. The third-order valence-corrected chi connectivity index (χ3v) is 3.11. The minimum absolute atomic E-state index is 0. The minimum Gasteiger partial charge on any atom is -0.448 e. The number of aromatic nitrogens is 1. The van der Waals surface area contributed by atoms with Crippen LogP contribution in [0.5, 0.6) is 0 Å². The molecule has 0 aromatic carbocycles. The molecule has 2 unspecified atom stereocenters. The molecule has 0 bridgehead atoms. The molecule has 4 heteroatoms. The Morgan fingerprint density at radius 1 is 1.69 bits per heavy atom. The summed E-state index contributed by atoms with van der Waals surface area (Å²) < 4.78 is 5.44. The number of halogens is 1. The Hall–Kier alpha value is -0.540. The van der Waals surface area contributed by atoms with Crippen molar-refractivity contribution in [2.24, 2.45) is 5.92 Å². The van der Waals surface area contributed by atoms with Gasteiger partial charge in [-0.3, -0.25) is 0 Å². The van der Waals surface area contributed by atoms with E-state index in [0.29, 0.717) is 0 Å². The fourth-order valence-corrected chi connectivity index (χ4v) is 2.25. The Morgan fingerprint density at radius 2 is 2.54 bits per heavy atom. The Morgan fingerprint density at radius 3 is 3.00 bits per heavy atom. The molecule has 1 aromatic heterocycles. The van der Waals surface area contributed by atoms with E-state index in [1.165, 1.54) is 6.42 Å². The van der Waals surface area contributed by atoms with Crippen molar-refractivity contribution in [2.45, 2.75) is 18.8 Å². The molecule has 1 aliphatic carbocycles. The molecule has 0 radical (unpaired) electrons. The van der Waals surface area contributed by atoms with Crippen molar-refractivity contribution in [2.75, 3.05) is 13.1 Å². The minimum atomic E-state index is 0. The Bertz CT molecular complexity index is 325. The van der Waals surface area contributed by atoms with Crippen LogP contribution in [-0.2, 0) is 5.41 Å². The van der Waals surface area contributed by atoms with Crippen molar-refractivity contribution in [1.82, 2.24) is 10.3 Å². The SMILES string of the molecule is Cc1coc(C23CNCC2C3)n1.Cl. The quantitative estimate of drug-likeness (QED) is 0.742. The average molecular weight is 201 g/mol. The van der Waals surface area contributed by atoms with Gasteiger partial charge >= 0.3 is 0 Å². The standard InChI is InChI=1S/C9H12N2O.ClH/c1-6-4-12-8(11-6)9-2-7(9)3-10-5-9;/h4,7,10H,2-3,5H2,1H3;1H. The maximum atomic E-state index is 5.44. The van der Waals surface area contributed by atoms with Crippen LogP contribution in [0.2, 0.25) is 0 Å². The smallest absolute Gasteiger partial charge is 0.202 e. The average Bonchev–Trinajstić information content (AvgIpc) is 2.50. The van der Waals surface area contributed by atoms with E-state index in [4.69, 9.17) is 4.42 Å². The highest BCUT2D eigenvalue weighted by Gasteiger charge is 2.61. The summed E-state index contributed by atoms with van der Waals surface area (Å²) >= 11 is 0. The second-order valence-electron chi connectivity index (χ2n) is 3.98. The highest BCUT2D eigenvalue weighted by Crippen LogP contribution is 2.55. The van der Waals surface area contributed by atoms with Crippen LogP contribution in [0.1, 0.15) is 18.0 Å². The number of piperidine rings is 1. The first-order chi connectivity index (χ1) is 5.81. The van der Waals surface area contributed by atoms with E-state index in [0.717, 1.165) is 30.6 Å². The summed E-state index contributed by atoms with van der Waals surface area (Å²) in [6, 6.07) is 0. The van der Waals surface area contributed by atoms with E-state index < -0.39 is 0 Å². The summed E-state index contributed by atoms with van der Waals surface area (Å²) in [5.41, 5.74) is 1.28. The molecular weight excluding hydrogens is 188 g/mol.